The Morgan fingerprint density at radius 1 is 1.28 bits per heavy atom. The average Bonchev–Trinajstić information content (AvgIpc) is 2.98. The number of aliphatic hydroxyl groups excluding tert-OH is 1. The van der Waals surface area contributed by atoms with Gasteiger partial charge in [0.1, 0.15) is 5.60 Å². The number of likely N-dealkylation sites (tertiary alicyclic amines) is 1. The van der Waals surface area contributed by atoms with Crippen molar-refractivity contribution in [1.82, 2.24) is 14.5 Å². The van der Waals surface area contributed by atoms with Gasteiger partial charge in [0.25, 0.3) is 0 Å². The van der Waals surface area contributed by atoms with Gasteiger partial charge in [0.2, 0.25) is 0 Å². The number of carbonyl (C=O) groups is 1. The zero-order valence-corrected chi connectivity index (χ0v) is 15.4. The molecule has 0 unspecified atom stereocenters. The fourth-order valence-corrected chi connectivity index (χ4v) is 3.33. The fourth-order valence-electron chi connectivity index (χ4n) is 3.33. The maximum Gasteiger partial charge on any atom is 0.410 e. The lowest BCUT2D eigenvalue weighted by molar-refractivity contribution is -0.0903. The Morgan fingerprint density at radius 3 is 2.52 bits per heavy atom. The molecule has 0 radical (unpaired) electrons. The van der Waals surface area contributed by atoms with Crippen LogP contribution in [0.5, 0.6) is 0 Å². The molecule has 2 heterocycles. The second kappa shape index (κ2) is 7.33. The molecule has 2 aliphatic rings. The summed E-state index contributed by atoms with van der Waals surface area (Å²) in [6.07, 6.45) is 7.64. The third-order valence-electron chi connectivity index (χ3n) is 4.79. The van der Waals surface area contributed by atoms with E-state index in [0.717, 1.165) is 25.7 Å². The van der Waals surface area contributed by atoms with Crippen LogP contribution in [0.15, 0.2) is 12.5 Å². The second-order valence-electron chi connectivity index (χ2n) is 8.02. The Balaban J connectivity index is 1.37. The van der Waals surface area contributed by atoms with Crippen molar-refractivity contribution in [3.8, 4) is 0 Å². The van der Waals surface area contributed by atoms with E-state index in [2.05, 4.69) is 9.55 Å². The van der Waals surface area contributed by atoms with Gasteiger partial charge in [0.05, 0.1) is 30.8 Å². The van der Waals surface area contributed by atoms with Crippen molar-refractivity contribution in [2.45, 2.75) is 76.9 Å². The molecule has 0 aromatic carbocycles. The van der Waals surface area contributed by atoms with E-state index in [0.29, 0.717) is 24.8 Å². The molecule has 1 aliphatic carbocycles. The van der Waals surface area contributed by atoms with Crippen LogP contribution in [0.1, 0.15) is 58.2 Å². The van der Waals surface area contributed by atoms with Crippen molar-refractivity contribution in [3.05, 3.63) is 18.2 Å². The van der Waals surface area contributed by atoms with Crippen LogP contribution in [-0.4, -0.2) is 56.5 Å². The summed E-state index contributed by atoms with van der Waals surface area (Å²) in [6.45, 7) is 7.02. The normalized spacial score (nSPS) is 24.9. The molecule has 0 bridgehead atoms. The molecule has 1 amide bonds. The number of hydrogen-bond donors (Lipinski definition) is 1. The van der Waals surface area contributed by atoms with Crippen molar-refractivity contribution in [3.63, 3.8) is 0 Å². The first-order valence-corrected chi connectivity index (χ1v) is 9.10. The molecule has 140 valence electrons. The summed E-state index contributed by atoms with van der Waals surface area (Å²) in [5.74, 6) is 0. The largest absolute Gasteiger partial charge is 0.444 e. The molecule has 1 aliphatic heterocycles. The lowest BCUT2D eigenvalue weighted by Crippen LogP contribution is -2.45. The molecule has 2 fully saturated rings. The van der Waals surface area contributed by atoms with Gasteiger partial charge in [0, 0.05) is 25.3 Å². The van der Waals surface area contributed by atoms with Crippen LogP contribution in [0.2, 0.25) is 0 Å². The van der Waals surface area contributed by atoms with E-state index in [-0.39, 0.29) is 24.9 Å². The molecule has 25 heavy (non-hydrogen) atoms. The topological polar surface area (TPSA) is 76.8 Å². The molecule has 7 heteroatoms. The van der Waals surface area contributed by atoms with Crippen LogP contribution in [-0.2, 0) is 16.1 Å². The third-order valence-corrected chi connectivity index (χ3v) is 4.79. The van der Waals surface area contributed by atoms with Crippen molar-refractivity contribution in [1.29, 1.82) is 0 Å². The maximum absolute atomic E-state index is 12.1. The number of piperidine rings is 1. The van der Waals surface area contributed by atoms with Gasteiger partial charge in [0.15, 0.2) is 0 Å². The van der Waals surface area contributed by atoms with Gasteiger partial charge in [-0.25, -0.2) is 9.78 Å². The number of rotatable bonds is 4. The van der Waals surface area contributed by atoms with E-state index in [4.69, 9.17) is 14.6 Å². The molecule has 0 atom stereocenters. The van der Waals surface area contributed by atoms with Gasteiger partial charge in [-0.1, -0.05) is 0 Å². The molecule has 0 spiro atoms. The quantitative estimate of drug-likeness (QED) is 0.902. The van der Waals surface area contributed by atoms with Crippen molar-refractivity contribution in [2.24, 2.45) is 0 Å². The molecule has 1 N–H and O–H groups in total. The van der Waals surface area contributed by atoms with Crippen LogP contribution < -0.4 is 0 Å². The molecule has 1 saturated heterocycles. The summed E-state index contributed by atoms with van der Waals surface area (Å²) < 4.78 is 13.7. The number of imidazole rings is 1. The van der Waals surface area contributed by atoms with Crippen LogP contribution in [0, 0.1) is 0 Å². The Bertz CT molecular complexity index is 581. The van der Waals surface area contributed by atoms with E-state index in [1.54, 1.807) is 11.2 Å². The van der Waals surface area contributed by atoms with Crippen molar-refractivity contribution >= 4 is 6.09 Å². The minimum absolute atomic E-state index is 0.0180. The first-order chi connectivity index (χ1) is 11.8. The number of nitrogens with zero attached hydrogens (tertiary/aromatic N) is 3. The number of amides is 1. The number of ether oxygens (including phenoxy) is 2. The van der Waals surface area contributed by atoms with Crippen LogP contribution in [0.4, 0.5) is 4.79 Å². The predicted molar refractivity (Wildman–Crippen MR) is 92.1 cm³/mol. The van der Waals surface area contributed by atoms with Crippen molar-refractivity contribution in [2.75, 3.05) is 13.1 Å². The van der Waals surface area contributed by atoms with Crippen LogP contribution in [0.3, 0.4) is 0 Å². The highest BCUT2D eigenvalue weighted by Crippen LogP contribution is 2.36. The van der Waals surface area contributed by atoms with Crippen LogP contribution >= 0.6 is 0 Å². The number of aliphatic hydroxyl groups is 1. The summed E-state index contributed by atoms with van der Waals surface area (Å²) in [7, 11) is 0. The van der Waals surface area contributed by atoms with E-state index in [1.807, 2.05) is 27.0 Å². The summed E-state index contributed by atoms with van der Waals surface area (Å²) in [6, 6.07) is 0.416. The lowest BCUT2D eigenvalue weighted by Gasteiger charge is -2.40. The molecular weight excluding hydrogens is 322 g/mol. The Hall–Kier alpha value is -1.60. The molecule has 1 saturated carbocycles. The molecule has 3 rings (SSSR count). The zero-order valence-electron chi connectivity index (χ0n) is 15.4. The van der Waals surface area contributed by atoms with Gasteiger partial charge in [-0.15, -0.1) is 0 Å². The highest BCUT2D eigenvalue weighted by molar-refractivity contribution is 5.68. The summed E-state index contributed by atoms with van der Waals surface area (Å²) in [5.41, 5.74) is 0.257. The minimum Gasteiger partial charge on any atom is -0.444 e. The second-order valence-corrected chi connectivity index (χ2v) is 8.02. The number of hydrogen-bond acceptors (Lipinski definition) is 5. The fraction of sp³-hybridized carbons (Fsp3) is 0.778. The van der Waals surface area contributed by atoms with Gasteiger partial charge < -0.3 is 24.0 Å². The Labute approximate surface area is 148 Å². The predicted octanol–water partition coefficient (Wildman–Crippen LogP) is 2.50. The molecule has 1 aromatic rings. The summed E-state index contributed by atoms with van der Waals surface area (Å²) >= 11 is 0. The highest BCUT2D eigenvalue weighted by atomic mass is 16.6. The molecular formula is C18H29N3O4. The van der Waals surface area contributed by atoms with Gasteiger partial charge in [-0.2, -0.15) is 0 Å². The smallest absolute Gasteiger partial charge is 0.410 e. The van der Waals surface area contributed by atoms with Crippen molar-refractivity contribution < 1.29 is 19.4 Å². The Morgan fingerprint density at radius 2 is 1.96 bits per heavy atom. The summed E-state index contributed by atoms with van der Waals surface area (Å²) in [5, 5.41) is 9.08. The molecule has 1 aromatic heterocycles. The molecule has 7 nitrogen and oxygen atoms in total. The van der Waals surface area contributed by atoms with E-state index >= 15 is 0 Å². The summed E-state index contributed by atoms with van der Waals surface area (Å²) in [4.78, 5) is 18.0. The van der Waals surface area contributed by atoms with Gasteiger partial charge in [-0.3, -0.25) is 0 Å². The van der Waals surface area contributed by atoms with E-state index in [1.165, 1.54) is 0 Å². The zero-order chi connectivity index (χ0) is 18.0. The maximum atomic E-state index is 12.1. The first-order valence-electron chi connectivity index (χ1n) is 9.10. The van der Waals surface area contributed by atoms with Crippen LogP contribution in [0.25, 0.3) is 0 Å². The Kier molecular flexibility index (Phi) is 5.34. The standard InChI is InChI=1S/C18H29N3O4/c1-18(2,3)25-17(23)20-6-4-15(5-7-20)24-16-8-14(9-16)21-10-13(11-22)19-12-21/h10,12,14-16,22H,4-9,11H2,1-3H3/t14-,16-. The van der Waals surface area contributed by atoms with Gasteiger partial charge in [-0.05, 0) is 46.5 Å². The van der Waals surface area contributed by atoms with Gasteiger partial charge >= 0.3 is 6.09 Å². The number of carbonyl (C=O) groups excluding carboxylic acids is 1. The van der Waals surface area contributed by atoms with E-state index in [9.17, 15) is 4.79 Å². The first kappa shape index (κ1) is 18.2. The number of aromatic nitrogens is 2. The van der Waals surface area contributed by atoms with E-state index < -0.39 is 5.60 Å². The average molecular weight is 351 g/mol. The minimum atomic E-state index is -0.450. The third kappa shape index (κ3) is 4.73. The lowest BCUT2D eigenvalue weighted by atomic mass is 9.88. The SMILES string of the molecule is CC(C)(C)OC(=O)N1CCC(O[C@H]2C[C@H](n3cnc(CO)c3)C2)CC1. The monoisotopic (exact) mass is 351 g/mol. The highest BCUT2D eigenvalue weighted by Gasteiger charge is 2.35.